The van der Waals surface area contributed by atoms with E-state index >= 15 is 0 Å². The Morgan fingerprint density at radius 3 is 2.80 bits per heavy atom. The highest BCUT2D eigenvalue weighted by atomic mass is 35.5. The fourth-order valence-electron chi connectivity index (χ4n) is 4.51. The zero-order chi connectivity index (χ0) is 21.6. The average molecular weight is 448 g/mol. The first-order valence-electron chi connectivity index (χ1n) is 9.82. The second kappa shape index (κ2) is 8.10. The number of carbonyl (C=O) groups excluding carboxylic acids is 1. The van der Waals surface area contributed by atoms with Crippen molar-refractivity contribution in [1.82, 2.24) is 9.55 Å². The third kappa shape index (κ3) is 3.43. The van der Waals surface area contributed by atoms with Crippen molar-refractivity contribution in [2.75, 3.05) is 7.11 Å². The summed E-state index contributed by atoms with van der Waals surface area (Å²) in [5.41, 5.74) is 9.82. The number of aromatic nitrogens is 2. The molecule has 1 saturated carbocycles. The first kappa shape index (κ1) is 21.0. The van der Waals surface area contributed by atoms with Crippen LogP contribution in [0.4, 0.5) is 0 Å². The fraction of sp³-hybridized carbons (Fsp3) is 0.364. The fourth-order valence-corrected chi connectivity index (χ4v) is 5.02. The highest BCUT2D eigenvalue weighted by Crippen LogP contribution is 2.45. The standard InChI is InChI=1S/C22H23Cl2N3O3/c1-11-16(9-25)19(15-6-4-13(23)8-17(15)24)20-18(26-11)10-27(21(20)28)14-5-3-12(7-14)22(29)30-2/h4,6,8,10,12,14,28H,3,5,7,9,25H2,1-2H3/t12-,14?/m1/s1. The quantitative estimate of drug-likeness (QED) is 0.549. The van der Waals surface area contributed by atoms with Gasteiger partial charge in [0.05, 0.1) is 23.9 Å². The van der Waals surface area contributed by atoms with Crippen LogP contribution in [0.15, 0.2) is 24.4 Å². The molecule has 2 aromatic heterocycles. The maximum Gasteiger partial charge on any atom is 0.308 e. The summed E-state index contributed by atoms with van der Waals surface area (Å²) in [4.78, 5) is 16.6. The predicted octanol–water partition coefficient (Wildman–Crippen LogP) is 5.00. The number of rotatable bonds is 4. The molecular formula is C22H23Cl2N3O3. The van der Waals surface area contributed by atoms with Gasteiger partial charge in [-0.1, -0.05) is 29.3 Å². The van der Waals surface area contributed by atoms with Crippen molar-refractivity contribution in [1.29, 1.82) is 0 Å². The van der Waals surface area contributed by atoms with Crippen molar-refractivity contribution in [3.05, 3.63) is 45.7 Å². The number of ether oxygens (including phenoxy) is 1. The van der Waals surface area contributed by atoms with Gasteiger partial charge in [0.15, 0.2) is 0 Å². The van der Waals surface area contributed by atoms with E-state index in [1.165, 1.54) is 7.11 Å². The van der Waals surface area contributed by atoms with Gasteiger partial charge in [-0.15, -0.1) is 0 Å². The van der Waals surface area contributed by atoms with E-state index in [0.29, 0.717) is 27.4 Å². The Morgan fingerprint density at radius 2 is 2.13 bits per heavy atom. The lowest BCUT2D eigenvalue weighted by Crippen LogP contribution is -2.13. The Bertz CT molecular complexity index is 1140. The van der Waals surface area contributed by atoms with E-state index in [1.807, 2.05) is 23.8 Å². The number of aromatic hydroxyl groups is 1. The zero-order valence-corrected chi connectivity index (χ0v) is 18.3. The largest absolute Gasteiger partial charge is 0.494 e. The topological polar surface area (TPSA) is 90.4 Å². The number of nitrogens with zero attached hydrogens (tertiary/aromatic N) is 2. The van der Waals surface area contributed by atoms with Crippen molar-refractivity contribution < 1.29 is 14.6 Å². The lowest BCUT2D eigenvalue weighted by atomic mass is 9.95. The molecule has 0 spiro atoms. The van der Waals surface area contributed by atoms with Gasteiger partial charge in [0, 0.05) is 45.6 Å². The number of hydrogen-bond acceptors (Lipinski definition) is 5. The lowest BCUT2D eigenvalue weighted by Gasteiger charge is -2.16. The summed E-state index contributed by atoms with van der Waals surface area (Å²) in [5, 5.41) is 12.8. The monoisotopic (exact) mass is 447 g/mol. The number of hydrogen-bond donors (Lipinski definition) is 2. The van der Waals surface area contributed by atoms with Gasteiger partial charge in [-0.05, 0) is 43.9 Å². The number of halogens is 2. The first-order valence-corrected chi connectivity index (χ1v) is 10.6. The lowest BCUT2D eigenvalue weighted by molar-refractivity contribution is -0.145. The Hall–Kier alpha value is -2.28. The summed E-state index contributed by atoms with van der Waals surface area (Å²) in [6.07, 6.45) is 3.95. The van der Waals surface area contributed by atoms with Crippen LogP contribution in [-0.4, -0.2) is 27.7 Å². The van der Waals surface area contributed by atoms with Gasteiger partial charge in [0.2, 0.25) is 5.88 Å². The Kier molecular flexibility index (Phi) is 5.66. The molecule has 1 aromatic carbocycles. The molecule has 0 bridgehead atoms. The molecule has 4 rings (SSSR count). The molecule has 3 aromatic rings. The molecule has 0 radical (unpaired) electrons. The molecule has 0 amide bonds. The van der Waals surface area contributed by atoms with E-state index in [-0.39, 0.29) is 30.4 Å². The first-order chi connectivity index (χ1) is 14.3. The maximum absolute atomic E-state index is 11.9. The van der Waals surface area contributed by atoms with Crippen LogP contribution in [0.5, 0.6) is 5.88 Å². The number of benzene rings is 1. The minimum Gasteiger partial charge on any atom is -0.494 e. The van der Waals surface area contributed by atoms with Crippen LogP contribution in [0.1, 0.15) is 36.6 Å². The molecular weight excluding hydrogens is 425 g/mol. The molecule has 1 fully saturated rings. The summed E-state index contributed by atoms with van der Waals surface area (Å²) in [6.45, 7) is 2.15. The second-order valence-corrected chi connectivity index (χ2v) is 8.53. The molecule has 6 nitrogen and oxygen atoms in total. The van der Waals surface area contributed by atoms with E-state index in [2.05, 4.69) is 4.98 Å². The third-order valence-electron chi connectivity index (χ3n) is 6.00. The van der Waals surface area contributed by atoms with Crippen molar-refractivity contribution in [3.8, 4) is 17.0 Å². The van der Waals surface area contributed by atoms with E-state index < -0.39 is 0 Å². The second-order valence-electron chi connectivity index (χ2n) is 7.69. The molecule has 30 heavy (non-hydrogen) atoms. The van der Waals surface area contributed by atoms with Gasteiger partial charge in [0.1, 0.15) is 0 Å². The SMILES string of the molecule is COC(=O)[C@@H]1CCC(n2cc3nc(C)c(CN)c(-c4ccc(Cl)cc4Cl)c3c2O)C1. The summed E-state index contributed by atoms with van der Waals surface area (Å²) in [7, 11) is 1.40. The minimum atomic E-state index is -0.207. The van der Waals surface area contributed by atoms with E-state index in [0.717, 1.165) is 35.2 Å². The molecule has 158 valence electrons. The number of methoxy groups -OCH3 is 1. The highest BCUT2D eigenvalue weighted by Gasteiger charge is 2.33. The Labute approximate surface area is 184 Å². The summed E-state index contributed by atoms with van der Waals surface area (Å²) in [6, 6.07) is 5.25. The van der Waals surface area contributed by atoms with Crippen molar-refractivity contribution in [3.63, 3.8) is 0 Å². The van der Waals surface area contributed by atoms with Gasteiger partial charge in [-0.2, -0.15) is 0 Å². The number of aryl methyl sites for hydroxylation is 1. The van der Waals surface area contributed by atoms with Crippen molar-refractivity contribution in [2.45, 2.75) is 38.8 Å². The number of carbonyl (C=O) groups is 1. The molecule has 8 heteroatoms. The highest BCUT2D eigenvalue weighted by molar-refractivity contribution is 6.36. The molecule has 2 heterocycles. The van der Waals surface area contributed by atoms with E-state index in [1.54, 1.807) is 12.1 Å². The number of nitrogens with two attached hydrogens (primary N) is 1. The van der Waals surface area contributed by atoms with Crippen LogP contribution < -0.4 is 5.73 Å². The maximum atomic E-state index is 11.9. The van der Waals surface area contributed by atoms with Gasteiger partial charge in [-0.3, -0.25) is 9.78 Å². The Morgan fingerprint density at radius 1 is 1.37 bits per heavy atom. The van der Waals surface area contributed by atoms with Crippen LogP contribution in [0.2, 0.25) is 10.0 Å². The van der Waals surface area contributed by atoms with Crippen molar-refractivity contribution >= 4 is 40.1 Å². The van der Waals surface area contributed by atoms with Crippen molar-refractivity contribution in [2.24, 2.45) is 11.7 Å². The smallest absolute Gasteiger partial charge is 0.308 e. The molecule has 0 saturated heterocycles. The van der Waals surface area contributed by atoms with Crippen LogP contribution in [-0.2, 0) is 16.1 Å². The Balaban J connectivity index is 1.90. The van der Waals surface area contributed by atoms with Crippen LogP contribution >= 0.6 is 23.2 Å². The van der Waals surface area contributed by atoms with Gasteiger partial charge < -0.3 is 20.1 Å². The molecule has 1 aliphatic carbocycles. The molecule has 2 atom stereocenters. The van der Waals surface area contributed by atoms with E-state index in [9.17, 15) is 9.90 Å². The minimum absolute atomic E-state index is 0.0153. The normalized spacial score (nSPS) is 18.8. The van der Waals surface area contributed by atoms with Crippen LogP contribution in [0, 0.1) is 12.8 Å². The summed E-state index contributed by atoms with van der Waals surface area (Å²) < 4.78 is 6.70. The third-order valence-corrected chi connectivity index (χ3v) is 6.55. The summed E-state index contributed by atoms with van der Waals surface area (Å²) in [5.74, 6) is -0.269. The molecule has 1 unspecified atom stereocenters. The van der Waals surface area contributed by atoms with Crippen LogP contribution in [0.3, 0.4) is 0 Å². The number of pyridine rings is 1. The van der Waals surface area contributed by atoms with Gasteiger partial charge in [-0.25, -0.2) is 0 Å². The van der Waals surface area contributed by atoms with E-state index in [4.69, 9.17) is 33.7 Å². The average Bonchev–Trinajstić information content (AvgIpc) is 3.31. The van der Waals surface area contributed by atoms with Crippen LogP contribution in [0.25, 0.3) is 22.0 Å². The summed E-state index contributed by atoms with van der Waals surface area (Å²) >= 11 is 12.6. The molecule has 0 aliphatic heterocycles. The molecule has 1 aliphatic rings. The zero-order valence-electron chi connectivity index (χ0n) is 16.8. The van der Waals surface area contributed by atoms with Gasteiger partial charge >= 0.3 is 5.97 Å². The molecule has 3 N–H and O–H groups in total. The van der Waals surface area contributed by atoms with Gasteiger partial charge in [0.25, 0.3) is 0 Å². The number of esters is 1. The number of fused-ring (bicyclic) bond motifs is 1. The predicted molar refractivity (Wildman–Crippen MR) is 118 cm³/mol.